The van der Waals surface area contributed by atoms with E-state index in [9.17, 15) is 0 Å². The van der Waals surface area contributed by atoms with Gasteiger partial charge in [-0.2, -0.15) is 0 Å². The maximum absolute atomic E-state index is 3.71. The first kappa shape index (κ1) is 12.2. The molecule has 0 unspecified atom stereocenters. The lowest BCUT2D eigenvalue weighted by Crippen LogP contribution is -2.31. The zero-order chi connectivity index (χ0) is 12.4. The fourth-order valence-corrected chi connectivity index (χ4v) is 3.23. The van der Waals surface area contributed by atoms with E-state index in [1.807, 2.05) is 0 Å². The van der Waals surface area contributed by atoms with Crippen molar-refractivity contribution in [3.05, 3.63) is 35.4 Å². The Morgan fingerprint density at radius 3 is 2.33 bits per heavy atom. The van der Waals surface area contributed by atoms with Crippen LogP contribution in [0.1, 0.15) is 62.5 Å². The Balaban J connectivity index is 1.49. The van der Waals surface area contributed by atoms with Gasteiger partial charge in [0.25, 0.3) is 0 Å². The van der Waals surface area contributed by atoms with Gasteiger partial charge in [0.1, 0.15) is 0 Å². The van der Waals surface area contributed by atoms with Crippen LogP contribution in [0.2, 0.25) is 0 Å². The Kier molecular flexibility index (Phi) is 3.69. The molecule has 2 saturated carbocycles. The lowest BCUT2D eigenvalue weighted by molar-refractivity contribution is 0.380. The molecule has 0 bridgehead atoms. The lowest BCUT2D eigenvalue weighted by Gasteiger charge is -2.20. The second kappa shape index (κ2) is 5.44. The molecule has 0 aliphatic heterocycles. The van der Waals surface area contributed by atoms with E-state index in [2.05, 4.69) is 36.5 Å². The predicted molar refractivity (Wildman–Crippen MR) is 76.7 cm³/mol. The molecule has 1 aromatic rings. The van der Waals surface area contributed by atoms with Crippen LogP contribution in [0.25, 0.3) is 0 Å². The molecule has 2 aliphatic rings. The average molecular weight is 243 g/mol. The Hall–Kier alpha value is -0.820. The van der Waals surface area contributed by atoms with Crippen LogP contribution in [0.15, 0.2) is 24.3 Å². The van der Waals surface area contributed by atoms with Crippen molar-refractivity contribution in [1.29, 1.82) is 0 Å². The summed E-state index contributed by atoms with van der Waals surface area (Å²) >= 11 is 0. The molecule has 2 aliphatic carbocycles. The van der Waals surface area contributed by atoms with Gasteiger partial charge in [-0.3, -0.25) is 0 Å². The molecule has 0 radical (unpaired) electrons. The molecule has 0 amide bonds. The molecule has 2 fully saturated rings. The maximum Gasteiger partial charge on any atom is 0.0208 e. The molecular formula is C17H25N. The van der Waals surface area contributed by atoms with Crippen LogP contribution in [-0.4, -0.2) is 6.04 Å². The Labute approximate surface area is 111 Å². The first-order valence-electron chi connectivity index (χ1n) is 7.65. The first-order valence-corrected chi connectivity index (χ1v) is 7.65. The average Bonchev–Trinajstić information content (AvgIpc) is 3.11. The first-order chi connectivity index (χ1) is 8.83. The topological polar surface area (TPSA) is 12.0 Å². The molecule has 1 heteroatoms. The molecule has 18 heavy (non-hydrogen) atoms. The highest BCUT2D eigenvalue weighted by molar-refractivity contribution is 5.28. The fraction of sp³-hybridized carbons (Fsp3) is 0.647. The minimum atomic E-state index is 0.676. The van der Waals surface area contributed by atoms with Crippen LogP contribution in [0.3, 0.4) is 0 Å². The van der Waals surface area contributed by atoms with Gasteiger partial charge in [-0.1, -0.05) is 37.1 Å². The van der Waals surface area contributed by atoms with E-state index >= 15 is 0 Å². The molecular weight excluding hydrogens is 218 g/mol. The van der Waals surface area contributed by atoms with E-state index in [-0.39, 0.29) is 0 Å². The molecule has 1 N–H and O–H groups in total. The molecule has 0 heterocycles. The minimum Gasteiger partial charge on any atom is -0.310 e. The van der Waals surface area contributed by atoms with Gasteiger partial charge in [-0.25, -0.2) is 0 Å². The second-order valence-electron chi connectivity index (χ2n) is 6.23. The summed E-state index contributed by atoms with van der Waals surface area (Å²) in [6.07, 6.45) is 8.52. The van der Waals surface area contributed by atoms with Crippen molar-refractivity contribution in [2.45, 2.75) is 64.0 Å². The van der Waals surface area contributed by atoms with Crippen LogP contribution in [-0.2, 0) is 6.54 Å². The minimum absolute atomic E-state index is 0.676. The normalized spacial score (nSPS) is 22.3. The van der Waals surface area contributed by atoms with Crippen LogP contribution in [0.4, 0.5) is 0 Å². The van der Waals surface area contributed by atoms with Gasteiger partial charge >= 0.3 is 0 Å². The third kappa shape index (κ3) is 2.95. The lowest BCUT2D eigenvalue weighted by atomic mass is 9.99. The Morgan fingerprint density at radius 1 is 1.06 bits per heavy atom. The highest BCUT2D eigenvalue weighted by Gasteiger charge is 2.23. The van der Waals surface area contributed by atoms with E-state index < -0.39 is 0 Å². The van der Waals surface area contributed by atoms with Crippen molar-refractivity contribution in [3.63, 3.8) is 0 Å². The molecule has 1 aromatic carbocycles. The molecule has 0 spiro atoms. The van der Waals surface area contributed by atoms with Gasteiger partial charge in [0.2, 0.25) is 0 Å². The van der Waals surface area contributed by atoms with E-state index in [0.29, 0.717) is 6.04 Å². The van der Waals surface area contributed by atoms with Crippen molar-refractivity contribution in [3.8, 4) is 0 Å². The third-order valence-corrected chi connectivity index (χ3v) is 4.76. The Bertz CT molecular complexity index is 371. The number of nitrogens with one attached hydrogen (secondary N) is 1. The number of benzene rings is 1. The molecule has 1 atom stereocenters. The summed E-state index contributed by atoms with van der Waals surface area (Å²) in [5.74, 6) is 1.79. The van der Waals surface area contributed by atoms with Crippen molar-refractivity contribution in [2.75, 3.05) is 0 Å². The van der Waals surface area contributed by atoms with Crippen molar-refractivity contribution in [1.82, 2.24) is 5.32 Å². The quantitative estimate of drug-likeness (QED) is 0.816. The summed E-state index contributed by atoms with van der Waals surface area (Å²) in [5, 5.41) is 3.71. The summed E-state index contributed by atoms with van der Waals surface area (Å²) in [6.45, 7) is 3.39. The van der Waals surface area contributed by atoms with E-state index in [1.165, 1.54) is 44.1 Å². The van der Waals surface area contributed by atoms with Crippen LogP contribution in [0.5, 0.6) is 0 Å². The Morgan fingerprint density at radius 2 is 1.72 bits per heavy atom. The second-order valence-corrected chi connectivity index (χ2v) is 6.23. The zero-order valence-electron chi connectivity index (χ0n) is 11.5. The van der Waals surface area contributed by atoms with Gasteiger partial charge in [-0.15, -0.1) is 0 Å². The summed E-state index contributed by atoms with van der Waals surface area (Å²) < 4.78 is 0. The molecule has 3 rings (SSSR count). The smallest absolute Gasteiger partial charge is 0.0208 e. The summed E-state index contributed by atoms with van der Waals surface area (Å²) in [4.78, 5) is 0. The number of hydrogen-bond acceptors (Lipinski definition) is 1. The van der Waals surface area contributed by atoms with E-state index in [1.54, 1.807) is 5.56 Å². The predicted octanol–water partition coefficient (Wildman–Crippen LogP) is 4.23. The van der Waals surface area contributed by atoms with Crippen LogP contribution in [0, 0.1) is 5.92 Å². The molecule has 1 nitrogen and oxygen atoms in total. The molecule has 0 aromatic heterocycles. The summed E-state index contributed by atoms with van der Waals surface area (Å²) in [5.41, 5.74) is 2.98. The summed E-state index contributed by atoms with van der Waals surface area (Å²) in [7, 11) is 0. The van der Waals surface area contributed by atoms with Gasteiger partial charge < -0.3 is 5.32 Å². The van der Waals surface area contributed by atoms with Crippen LogP contribution >= 0.6 is 0 Å². The highest BCUT2D eigenvalue weighted by Crippen LogP contribution is 2.39. The SMILES string of the molecule is C[C@H](NCc1ccc(C2CC2)cc1)C1CCCC1. The van der Waals surface area contributed by atoms with Crippen molar-refractivity contribution < 1.29 is 0 Å². The van der Waals surface area contributed by atoms with E-state index in [4.69, 9.17) is 0 Å². The molecule has 0 saturated heterocycles. The van der Waals surface area contributed by atoms with Gasteiger partial charge in [0.15, 0.2) is 0 Å². The zero-order valence-corrected chi connectivity index (χ0v) is 11.5. The fourth-order valence-electron chi connectivity index (χ4n) is 3.23. The van der Waals surface area contributed by atoms with Gasteiger partial charge in [0.05, 0.1) is 0 Å². The van der Waals surface area contributed by atoms with Gasteiger partial charge in [0, 0.05) is 12.6 Å². The van der Waals surface area contributed by atoms with Crippen molar-refractivity contribution in [2.24, 2.45) is 5.92 Å². The van der Waals surface area contributed by atoms with Gasteiger partial charge in [-0.05, 0) is 55.6 Å². The number of rotatable bonds is 5. The monoisotopic (exact) mass is 243 g/mol. The standard InChI is InChI=1S/C17H25N/c1-13(15-4-2-3-5-15)18-12-14-6-8-16(9-7-14)17-10-11-17/h6-9,13,15,17-18H,2-5,10-12H2,1H3/t13-/m0/s1. The van der Waals surface area contributed by atoms with Crippen LogP contribution < -0.4 is 5.32 Å². The van der Waals surface area contributed by atoms with Crippen molar-refractivity contribution >= 4 is 0 Å². The summed E-state index contributed by atoms with van der Waals surface area (Å²) in [6, 6.07) is 9.95. The maximum atomic E-state index is 3.71. The highest BCUT2D eigenvalue weighted by atomic mass is 14.9. The number of hydrogen-bond donors (Lipinski definition) is 1. The van der Waals surface area contributed by atoms with E-state index in [0.717, 1.165) is 18.4 Å². The third-order valence-electron chi connectivity index (χ3n) is 4.76. The largest absolute Gasteiger partial charge is 0.310 e. The molecule has 98 valence electrons.